The molecule has 1 fully saturated rings. The minimum atomic E-state index is -0.179. The molecule has 5 nitrogen and oxygen atoms in total. The Balaban J connectivity index is 1.69. The molecule has 1 heterocycles. The lowest BCUT2D eigenvalue weighted by Gasteiger charge is -2.22. The van der Waals surface area contributed by atoms with E-state index < -0.39 is 0 Å². The van der Waals surface area contributed by atoms with Crippen LogP contribution in [0, 0.1) is 5.82 Å². The number of nitrogens with one attached hydrogen (secondary N) is 1. The maximum atomic E-state index is 13.6. The van der Waals surface area contributed by atoms with Gasteiger partial charge in [-0.2, -0.15) is 0 Å². The van der Waals surface area contributed by atoms with Gasteiger partial charge in [0.25, 0.3) is 0 Å². The molecular formula is C21H29FN4OS. The first-order valence-corrected chi connectivity index (χ1v) is 10.6. The maximum absolute atomic E-state index is 13.6. The van der Waals surface area contributed by atoms with E-state index in [9.17, 15) is 4.39 Å². The summed E-state index contributed by atoms with van der Waals surface area (Å²) in [6.07, 6.45) is 2.10. The molecule has 1 aromatic carbocycles. The van der Waals surface area contributed by atoms with Crippen molar-refractivity contribution in [3.63, 3.8) is 0 Å². The maximum Gasteiger partial charge on any atom is 0.194 e. The third kappa shape index (κ3) is 4.89. The molecule has 1 aliphatic carbocycles. The molecule has 3 rings (SSSR count). The number of halogens is 1. The topological polar surface area (TPSA) is 49.8 Å². The first-order chi connectivity index (χ1) is 13.5. The molecule has 1 unspecified atom stereocenters. The predicted octanol–water partition coefficient (Wildman–Crippen LogP) is 4.12. The van der Waals surface area contributed by atoms with Crippen LogP contribution in [0.3, 0.4) is 0 Å². The summed E-state index contributed by atoms with van der Waals surface area (Å²) < 4.78 is 19.0. The van der Waals surface area contributed by atoms with E-state index in [0.29, 0.717) is 13.1 Å². The summed E-state index contributed by atoms with van der Waals surface area (Å²) in [6.45, 7) is 6.18. The van der Waals surface area contributed by atoms with Gasteiger partial charge in [-0.15, -0.1) is 11.3 Å². The van der Waals surface area contributed by atoms with Crippen molar-refractivity contribution in [1.82, 2.24) is 15.2 Å². The number of hydrogen-bond donors (Lipinski definition) is 1. The van der Waals surface area contributed by atoms with E-state index in [-0.39, 0.29) is 17.3 Å². The van der Waals surface area contributed by atoms with Crippen molar-refractivity contribution in [2.75, 3.05) is 27.2 Å². The molecule has 0 spiro atoms. The van der Waals surface area contributed by atoms with Crippen LogP contribution < -0.4 is 5.32 Å². The normalized spacial score (nSPS) is 16.7. The van der Waals surface area contributed by atoms with Crippen molar-refractivity contribution in [3.05, 3.63) is 51.7 Å². The number of guanidine groups is 1. The van der Waals surface area contributed by atoms with Crippen LogP contribution in [-0.4, -0.2) is 43.1 Å². The Morgan fingerprint density at radius 1 is 1.46 bits per heavy atom. The van der Waals surface area contributed by atoms with Crippen LogP contribution >= 0.6 is 11.3 Å². The monoisotopic (exact) mass is 404 g/mol. The summed E-state index contributed by atoms with van der Waals surface area (Å²) in [5, 5.41) is 6.41. The van der Waals surface area contributed by atoms with Crippen molar-refractivity contribution < 1.29 is 9.13 Å². The van der Waals surface area contributed by atoms with E-state index in [2.05, 4.69) is 27.5 Å². The van der Waals surface area contributed by atoms with Crippen molar-refractivity contribution in [2.24, 2.45) is 4.99 Å². The van der Waals surface area contributed by atoms with Crippen LogP contribution in [0.15, 0.2) is 34.6 Å². The van der Waals surface area contributed by atoms with E-state index in [4.69, 9.17) is 9.73 Å². The molecule has 28 heavy (non-hydrogen) atoms. The number of aliphatic imine (C=N–C) groups is 1. The fourth-order valence-electron chi connectivity index (χ4n) is 3.20. The fourth-order valence-corrected chi connectivity index (χ4v) is 4.05. The van der Waals surface area contributed by atoms with Crippen LogP contribution in [0.2, 0.25) is 0 Å². The van der Waals surface area contributed by atoms with Gasteiger partial charge in [0.1, 0.15) is 16.9 Å². The van der Waals surface area contributed by atoms with Crippen LogP contribution in [0.4, 0.5) is 4.39 Å². The molecule has 0 saturated heterocycles. The Labute approximate surface area is 170 Å². The Hall–Kier alpha value is -1.99. The van der Waals surface area contributed by atoms with E-state index in [1.54, 1.807) is 30.6 Å². The lowest BCUT2D eigenvalue weighted by Crippen LogP contribution is -2.39. The summed E-state index contributed by atoms with van der Waals surface area (Å²) in [6, 6.07) is 6.93. The summed E-state index contributed by atoms with van der Waals surface area (Å²) in [5.41, 5.74) is 2.03. The van der Waals surface area contributed by atoms with Gasteiger partial charge in [-0.25, -0.2) is 9.37 Å². The quantitative estimate of drug-likeness (QED) is 0.531. The van der Waals surface area contributed by atoms with Gasteiger partial charge in [-0.05, 0) is 44.4 Å². The number of rotatable bonds is 8. The molecule has 0 amide bonds. The highest BCUT2D eigenvalue weighted by Crippen LogP contribution is 2.48. The van der Waals surface area contributed by atoms with Gasteiger partial charge >= 0.3 is 0 Å². The molecule has 1 aromatic heterocycles. The van der Waals surface area contributed by atoms with Gasteiger partial charge in [-0.1, -0.05) is 12.1 Å². The number of hydrogen-bond acceptors (Lipinski definition) is 4. The lowest BCUT2D eigenvalue weighted by atomic mass is 9.96. The van der Waals surface area contributed by atoms with Crippen molar-refractivity contribution in [1.29, 1.82) is 0 Å². The van der Waals surface area contributed by atoms with Crippen LogP contribution in [-0.2, 0) is 16.7 Å². The zero-order valence-electron chi connectivity index (χ0n) is 17.0. The second kappa shape index (κ2) is 9.01. The number of thiazole rings is 1. The Morgan fingerprint density at radius 3 is 2.89 bits per heavy atom. The molecule has 0 radical (unpaired) electrons. The highest BCUT2D eigenvalue weighted by molar-refractivity contribution is 7.09. The molecule has 1 N–H and O–H groups in total. The van der Waals surface area contributed by atoms with Crippen LogP contribution in [0.5, 0.6) is 0 Å². The highest BCUT2D eigenvalue weighted by atomic mass is 32.1. The number of aromatic nitrogens is 1. The summed E-state index contributed by atoms with van der Waals surface area (Å²) in [4.78, 5) is 11.6. The largest absolute Gasteiger partial charge is 0.375 e. The smallest absolute Gasteiger partial charge is 0.194 e. The average molecular weight is 405 g/mol. The zero-order chi connectivity index (χ0) is 20.1. The first kappa shape index (κ1) is 20.7. The van der Waals surface area contributed by atoms with Crippen molar-refractivity contribution >= 4 is 17.3 Å². The van der Waals surface area contributed by atoms with E-state index >= 15 is 0 Å². The number of benzene rings is 1. The minimum Gasteiger partial charge on any atom is -0.375 e. The van der Waals surface area contributed by atoms with Crippen LogP contribution in [0.1, 0.15) is 49.1 Å². The van der Waals surface area contributed by atoms with Crippen LogP contribution in [0.25, 0.3) is 0 Å². The molecule has 1 aliphatic rings. The summed E-state index contributed by atoms with van der Waals surface area (Å²) in [7, 11) is 3.71. The Morgan fingerprint density at radius 2 is 2.25 bits per heavy atom. The summed E-state index contributed by atoms with van der Waals surface area (Å²) >= 11 is 1.62. The van der Waals surface area contributed by atoms with E-state index in [1.165, 1.54) is 6.07 Å². The van der Waals surface area contributed by atoms with Gasteiger partial charge in [-0.3, -0.25) is 4.99 Å². The molecule has 152 valence electrons. The van der Waals surface area contributed by atoms with E-state index in [1.807, 2.05) is 20.0 Å². The van der Waals surface area contributed by atoms with E-state index in [0.717, 1.165) is 41.6 Å². The Bertz CT molecular complexity index is 818. The average Bonchev–Trinajstić information content (AvgIpc) is 3.35. The molecule has 2 aromatic rings. The van der Waals surface area contributed by atoms with Crippen molar-refractivity contribution in [3.8, 4) is 0 Å². The van der Waals surface area contributed by atoms with Gasteiger partial charge in [0.2, 0.25) is 0 Å². The standard InChI is InChI=1S/C21H29FN4OS/c1-5-23-20(26(3)12-18-13-28-19(25-18)15(2)27-4)24-14-21(9-10-21)16-7-6-8-17(22)11-16/h6-8,11,13,15H,5,9-10,12,14H2,1-4H3,(H,23,24). The van der Waals surface area contributed by atoms with Crippen molar-refractivity contribution in [2.45, 2.75) is 44.8 Å². The molecule has 0 bridgehead atoms. The highest BCUT2D eigenvalue weighted by Gasteiger charge is 2.44. The summed E-state index contributed by atoms with van der Waals surface area (Å²) in [5.74, 6) is 0.668. The first-order valence-electron chi connectivity index (χ1n) is 9.70. The van der Waals surface area contributed by atoms with Gasteiger partial charge in [0.15, 0.2) is 5.96 Å². The molecule has 1 saturated carbocycles. The number of methoxy groups -OCH3 is 1. The molecular weight excluding hydrogens is 375 g/mol. The lowest BCUT2D eigenvalue weighted by molar-refractivity contribution is 0.119. The second-order valence-electron chi connectivity index (χ2n) is 7.37. The number of ether oxygens (including phenoxy) is 1. The van der Waals surface area contributed by atoms with Gasteiger partial charge in [0.05, 0.1) is 18.8 Å². The SMILES string of the molecule is CCNC(=NCC1(c2cccc(F)c2)CC1)N(C)Cc1csc(C(C)OC)n1. The molecule has 1 atom stereocenters. The molecule has 7 heteroatoms. The third-order valence-corrected chi connectivity index (χ3v) is 6.24. The minimum absolute atomic E-state index is 0.00644. The molecule has 0 aliphatic heterocycles. The van der Waals surface area contributed by atoms with Gasteiger partial charge < -0.3 is 15.0 Å². The Kier molecular flexibility index (Phi) is 6.67. The zero-order valence-corrected chi connectivity index (χ0v) is 17.9. The predicted molar refractivity (Wildman–Crippen MR) is 112 cm³/mol. The second-order valence-corrected chi connectivity index (χ2v) is 8.26. The fraction of sp³-hybridized carbons (Fsp3) is 0.524. The number of nitrogens with zero attached hydrogens (tertiary/aromatic N) is 3. The van der Waals surface area contributed by atoms with Gasteiger partial charge in [0, 0.05) is 31.5 Å². The third-order valence-electron chi connectivity index (χ3n) is 5.19.